The second-order valence-corrected chi connectivity index (χ2v) is 1.09. The lowest BCUT2D eigenvalue weighted by molar-refractivity contribution is -0.142. The summed E-state index contributed by atoms with van der Waals surface area (Å²) in [6, 6.07) is 0. The summed E-state index contributed by atoms with van der Waals surface area (Å²) in [5.74, 6) is 0. The molecule has 0 aliphatic heterocycles. The summed E-state index contributed by atoms with van der Waals surface area (Å²) < 4.78 is 61.9. The number of hydrogen-bond donors (Lipinski definition) is 0. The quantitative estimate of drug-likeness (QED) is 0.485. The van der Waals surface area contributed by atoms with E-state index in [9.17, 15) is 26.3 Å². The predicted molar refractivity (Wildman–Crippen MR) is 23.4 cm³/mol. The van der Waals surface area contributed by atoms with Gasteiger partial charge in [-0.05, 0) is 6.58 Å². The number of rotatable bonds is 0. The van der Waals surface area contributed by atoms with Crippen LogP contribution >= 0.6 is 0 Å². The van der Waals surface area contributed by atoms with Gasteiger partial charge in [0, 0.05) is 0 Å². The Balaban J connectivity index is 0. The van der Waals surface area contributed by atoms with E-state index >= 15 is 0 Å². The lowest BCUT2D eigenvalue weighted by atomic mass is 10.8. The van der Waals surface area contributed by atoms with Gasteiger partial charge in [0.15, 0.2) is 6.67 Å². The smallest absolute Gasteiger partial charge is 0.241 e. The van der Waals surface area contributed by atoms with Crippen molar-refractivity contribution in [3.63, 3.8) is 0 Å². The summed E-state index contributed by atoms with van der Waals surface area (Å²) >= 11 is 0. The van der Waals surface area contributed by atoms with Crippen molar-refractivity contribution in [2.24, 2.45) is 0 Å². The fourth-order valence-corrected chi connectivity index (χ4v) is 0. The maximum absolute atomic E-state index is 10.4. The fraction of sp³-hybridized carbons (Fsp3) is 0.500. The molecule has 0 rings (SSSR count). The molecule has 0 atom stereocenters. The Morgan fingerprint density at radius 1 is 1.20 bits per heavy atom. The fourth-order valence-electron chi connectivity index (χ4n) is 0. The van der Waals surface area contributed by atoms with Crippen LogP contribution < -0.4 is 0 Å². The molecule has 62 valence electrons. The van der Waals surface area contributed by atoms with Crippen molar-refractivity contribution in [2.45, 2.75) is 6.18 Å². The van der Waals surface area contributed by atoms with Gasteiger partial charge in [0.25, 0.3) is 6.08 Å². The summed E-state index contributed by atoms with van der Waals surface area (Å²) in [4.78, 5) is 0. The summed E-state index contributed by atoms with van der Waals surface area (Å²) in [6.07, 6.45) is -6.46. The molecule has 10 heavy (non-hydrogen) atoms. The zero-order valence-electron chi connectivity index (χ0n) is 4.68. The molecule has 0 fully saturated rings. The van der Waals surface area contributed by atoms with Crippen LogP contribution in [0.15, 0.2) is 12.7 Å². The highest BCUT2D eigenvalue weighted by Crippen LogP contribution is 2.13. The van der Waals surface area contributed by atoms with Gasteiger partial charge in [-0.1, -0.05) is 0 Å². The highest BCUT2D eigenvalue weighted by atomic mass is 19.4. The largest absolute Gasteiger partial charge is 0.416 e. The van der Waals surface area contributed by atoms with Crippen LogP contribution in [0.25, 0.3) is 0 Å². The van der Waals surface area contributed by atoms with Crippen molar-refractivity contribution in [3.8, 4) is 0 Å². The van der Waals surface area contributed by atoms with E-state index in [1.165, 1.54) is 0 Å². The molecule has 0 aliphatic carbocycles. The van der Waals surface area contributed by atoms with Gasteiger partial charge in [0.05, 0.1) is 0 Å². The van der Waals surface area contributed by atoms with Crippen molar-refractivity contribution in [1.29, 1.82) is 0 Å². The molecule has 0 bridgehead atoms. The number of hydrogen-bond acceptors (Lipinski definition) is 0. The van der Waals surface area contributed by atoms with E-state index in [1.54, 1.807) is 0 Å². The molecule has 0 N–H and O–H groups in total. The van der Waals surface area contributed by atoms with E-state index in [-0.39, 0.29) is 0 Å². The van der Waals surface area contributed by atoms with Gasteiger partial charge in [-0.2, -0.15) is 22.0 Å². The first kappa shape index (κ1) is 12.0. The van der Waals surface area contributed by atoms with Crippen LogP contribution in [0, 0.1) is 0 Å². The Kier molecular flexibility index (Phi) is 6.18. The van der Waals surface area contributed by atoms with Crippen LogP contribution in [0.3, 0.4) is 0 Å². The highest BCUT2D eigenvalue weighted by Gasteiger charge is 2.26. The number of halogens is 6. The number of alkyl halides is 4. The van der Waals surface area contributed by atoms with E-state index in [1.807, 2.05) is 0 Å². The average molecular weight is 166 g/mol. The average Bonchev–Trinajstić information content (AvgIpc) is 1.63. The molecule has 0 aromatic carbocycles. The zero-order chi connectivity index (χ0) is 8.78. The van der Waals surface area contributed by atoms with E-state index in [0.717, 1.165) is 0 Å². The first-order chi connectivity index (χ1) is 4.29. The molecule has 0 aliphatic rings. The van der Waals surface area contributed by atoms with E-state index in [2.05, 4.69) is 6.58 Å². The van der Waals surface area contributed by atoms with Crippen molar-refractivity contribution >= 4 is 0 Å². The maximum Gasteiger partial charge on any atom is 0.416 e. The monoisotopic (exact) mass is 166 g/mol. The third-order valence-corrected chi connectivity index (χ3v) is 0.152. The van der Waals surface area contributed by atoms with Crippen LogP contribution in [0.5, 0.6) is 0 Å². The molecular formula is C4H4F6. The molecule has 0 saturated heterocycles. The van der Waals surface area contributed by atoms with Gasteiger partial charge >= 0.3 is 6.18 Å². The lowest BCUT2D eigenvalue weighted by Gasteiger charge is -1.93. The standard InChI is InChI=1S/C2H2F4.C2H2F2/c3-1-2(4,5)6;1-2(3)4/h1H2;1H2. The molecule has 0 spiro atoms. The molecule has 6 heteroatoms. The normalized spacial score (nSPS) is 9.80. The van der Waals surface area contributed by atoms with Crippen molar-refractivity contribution in [3.05, 3.63) is 12.7 Å². The molecule has 0 nitrogen and oxygen atoms in total. The molecule has 0 saturated carbocycles. The van der Waals surface area contributed by atoms with Crippen molar-refractivity contribution in [2.75, 3.05) is 6.67 Å². The predicted octanol–water partition coefficient (Wildman–Crippen LogP) is 2.91. The molecular weight excluding hydrogens is 162 g/mol. The highest BCUT2D eigenvalue weighted by molar-refractivity contribution is 4.57. The van der Waals surface area contributed by atoms with Gasteiger partial charge in [0.1, 0.15) is 0 Å². The Morgan fingerprint density at radius 2 is 1.30 bits per heavy atom. The minimum atomic E-state index is -4.62. The molecule has 0 amide bonds. The molecule has 0 aromatic heterocycles. The van der Waals surface area contributed by atoms with Gasteiger partial charge in [-0.3, -0.25) is 0 Å². The lowest BCUT2D eigenvalue weighted by Crippen LogP contribution is -2.08. The summed E-state index contributed by atoms with van der Waals surface area (Å²) in [6.45, 7) is -0.00694. The van der Waals surface area contributed by atoms with E-state index in [4.69, 9.17) is 0 Å². The van der Waals surface area contributed by atoms with Gasteiger partial charge in [0.2, 0.25) is 0 Å². The maximum atomic E-state index is 10.4. The molecule has 0 aromatic rings. The summed E-state index contributed by atoms with van der Waals surface area (Å²) in [5, 5.41) is 0. The first-order valence-corrected chi connectivity index (χ1v) is 1.92. The van der Waals surface area contributed by atoms with Crippen LogP contribution in [0.2, 0.25) is 0 Å². The Labute approximate surface area is 53.1 Å². The van der Waals surface area contributed by atoms with Gasteiger partial charge in [-0.15, -0.1) is 0 Å². The van der Waals surface area contributed by atoms with Crippen LogP contribution in [-0.2, 0) is 0 Å². The third-order valence-electron chi connectivity index (χ3n) is 0.152. The summed E-state index contributed by atoms with van der Waals surface area (Å²) in [7, 11) is 0. The Bertz CT molecular complexity index is 88.4. The van der Waals surface area contributed by atoms with Crippen LogP contribution in [0.1, 0.15) is 0 Å². The van der Waals surface area contributed by atoms with E-state index < -0.39 is 18.9 Å². The third kappa shape index (κ3) is 54.3. The van der Waals surface area contributed by atoms with Gasteiger partial charge < -0.3 is 0 Å². The Hall–Kier alpha value is -0.680. The summed E-state index contributed by atoms with van der Waals surface area (Å²) in [5.41, 5.74) is 0. The molecule has 0 unspecified atom stereocenters. The van der Waals surface area contributed by atoms with Gasteiger partial charge in [-0.25, -0.2) is 4.39 Å². The zero-order valence-corrected chi connectivity index (χ0v) is 4.68. The second kappa shape index (κ2) is 5.13. The minimum absolute atomic E-state index is 1.83. The topological polar surface area (TPSA) is 0 Å². The van der Waals surface area contributed by atoms with E-state index in [0.29, 0.717) is 0 Å². The van der Waals surface area contributed by atoms with Crippen LogP contribution in [-0.4, -0.2) is 12.9 Å². The van der Waals surface area contributed by atoms with Crippen molar-refractivity contribution in [1.82, 2.24) is 0 Å². The molecule has 0 heterocycles. The first-order valence-electron chi connectivity index (χ1n) is 1.92. The van der Waals surface area contributed by atoms with Crippen LogP contribution in [0.4, 0.5) is 26.3 Å². The minimum Gasteiger partial charge on any atom is -0.241 e. The Morgan fingerprint density at radius 3 is 1.30 bits per heavy atom. The SMILES string of the molecule is C=C(F)F.FCC(F)(F)F. The second-order valence-electron chi connectivity index (χ2n) is 1.09. The van der Waals surface area contributed by atoms with Crippen molar-refractivity contribution < 1.29 is 26.3 Å². The molecule has 0 radical (unpaired) electrons.